The van der Waals surface area contributed by atoms with Gasteiger partial charge in [0.25, 0.3) is 0 Å². The Morgan fingerprint density at radius 2 is 1.67 bits per heavy atom. The Kier molecular flexibility index (Phi) is 8.37. The quantitative estimate of drug-likeness (QED) is 0.301. The first-order valence-corrected chi connectivity index (χ1v) is 9.38. The molecule has 0 radical (unpaired) electrons. The summed E-state index contributed by atoms with van der Waals surface area (Å²) in [6.07, 6.45) is -1.31. The van der Waals surface area contributed by atoms with E-state index in [9.17, 15) is 19.5 Å². The first kappa shape index (κ1) is 22.9. The molecule has 3 N–H and O–H groups in total. The molecule has 2 rings (SSSR count). The fourth-order valence-electron chi connectivity index (χ4n) is 2.51. The number of hydrogen-bond acceptors (Lipinski definition) is 7. The first-order valence-electron chi connectivity index (χ1n) is 8.97. The number of hydrogen-bond donors (Lipinski definition) is 3. The average Bonchev–Trinajstić information content (AvgIpc) is 2.72. The van der Waals surface area contributed by atoms with Crippen LogP contribution in [0.1, 0.15) is 29.3 Å². The molecule has 0 saturated carbocycles. The highest BCUT2D eigenvalue weighted by Crippen LogP contribution is 2.18. The summed E-state index contributed by atoms with van der Waals surface area (Å²) in [6, 6.07) is 11.7. The molecule has 0 aromatic heterocycles. The number of ether oxygens (including phenoxy) is 1. The first-order chi connectivity index (χ1) is 14.3. The van der Waals surface area contributed by atoms with Gasteiger partial charge in [-0.2, -0.15) is 4.99 Å². The number of isothiocyanates is 1. The second kappa shape index (κ2) is 11.0. The van der Waals surface area contributed by atoms with Gasteiger partial charge in [-0.15, -0.1) is 0 Å². The lowest BCUT2D eigenvalue weighted by Gasteiger charge is -2.17. The second-order valence-corrected chi connectivity index (χ2v) is 6.51. The van der Waals surface area contributed by atoms with Gasteiger partial charge in [0, 0.05) is 11.1 Å². The topological polar surface area (TPSA) is 125 Å². The van der Waals surface area contributed by atoms with Gasteiger partial charge in [-0.3, -0.25) is 9.59 Å². The van der Waals surface area contributed by atoms with Gasteiger partial charge in [0.2, 0.25) is 5.91 Å². The number of ketones is 1. The van der Waals surface area contributed by atoms with Crippen molar-refractivity contribution >= 4 is 40.7 Å². The van der Waals surface area contributed by atoms with Gasteiger partial charge in [-0.25, -0.2) is 4.79 Å². The van der Waals surface area contributed by atoms with Gasteiger partial charge in [-0.1, -0.05) is 0 Å². The van der Waals surface area contributed by atoms with Crippen molar-refractivity contribution in [2.75, 3.05) is 6.61 Å². The summed E-state index contributed by atoms with van der Waals surface area (Å²) in [5, 5.41) is 22.8. The van der Waals surface area contributed by atoms with E-state index in [1.165, 1.54) is 6.92 Å². The number of thiocarbonyl (C=S) groups is 1. The number of aliphatic carboxylic acids is 1. The predicted molar refractivity (Wildman–Crippen MR) is 112 cm³/mol. The smallest absolute Gasteiger partial charge is 0.328 e. The summed E-state index contributed by atoms with van der Waals surface area (Å²) in [4.78, 5) is 39.1. The van der Waals surface area contributed by atoms with E-state index in [4.69, 9.17) is 9.84 Å². The molecule has 0 aliphatic carbocycles. The molecule has 0 aliphatic rings. The zero-order chi connectivity index (χ0) is 22.1. The number of carboxylic acids is 1. The summed E-state index contributed by atoms with van der Waals surface area (Å²) in [6.45, 7) is 1.29. The molecule has 0 spiro atoms. The minimum atomic E-state index is -1.38. The molecule has 30 heavy (non-hydrogen) atoms. The van der Waals surface area contributed by atoms with Gasteiger partial charge >= 0.3 is 5.97 Å². The van der Waals surface area contributed by atoms with Crippen LogP contribution in [0.4, 0.5) is 5.69 Å². The van der Waals surface area contributed by atoms with E-state index in [1.54, 1.807) is 48.5 Å². The van der Waals surface area contributed by atoms with E-state index in [2.05, 4.69) is 27.7 Å². The Balaban J connectivity index is 1.88. The Hall–Kier alpha value is -3.39. The highest BCUT2D eigenvalue weighted by atomic mass is 32.1. The number of carbonyl (C=O) groups is 3. The zero-order valence-electron chi connectivity index (χ0n) is 16.1. The number of nitrogens with one attached hydrogen (secondary N) is 1. The molecular weight excluding hydrogens is 408 g/mol. The fourth-order valence-corrected chi connectivity index (χ4v) is 2.61. The maximum absolute atomic E-state index is 12.5. The SMILES string of the molecule is CC(O)C(NC(=O)CCOc1ccc(C(=O)c2ccc(N=C=S)cc2)cc1)C(=O)O. The van der Waals surface area contributed by atoms with Crippen LogP contribution in [0, 0.1) is 0 Å². The van der Waals surface area contributed by atoms with Crippen LogP contribution in [0.2, 0.25) is 0 Å². The number of benzene rings is 2. The number of aliphatic imine (C=N–C) groups is 1. The molecule has 0 bridgehead atoms. The zero-order valence-corrected chi connectivity index (χ0v) is 16.9. The van der Waals surface area contributed by atoms with E-state index in [1.807, 2.05) is 0 Å². The Morgan fingerprint density at radius 1 is 1.10 bits per heavy atom. The van der Waals surface area contributed by atoms with Crippen molar-refractivity contribution < 1.29 is 29.3 Å². The van der Waals surface area contributed by atoms with Crippen molar-refractivity contribution in [1.82, 2.24) is 5.32 Å². The monoisotopic (exact) mass is 428 g/mol. The summed E-state index contributed by atoms with van der Waals surface area (Å²) >= 11 is 4.54. The van der Waals surface area contributed by atoms with Gasteiger partial charge in [0.05, 0.1) is 30.0 Å². The van der Waals surface area contributed by atoms with Crippen molar-refractivity contribution in [1.29, 1.82) is 0 Å². The lowest BCUT2D eigenvalue weighted by atomic mass is 10.0. The van der Waals surface area contributed by atoms with E-state index in [0.29, 0.717) is 22.6 Å². The maximum atomic E-state index is 12.5. The molecule has 156 valence electrons. The van der Waals surface area contributed by atoms with E-state index >= 15 is 0 Å². The van der Waals surface area contributed by atoms with Crippen molar-refractivity contribution in [2.24, 2.45) is 4.99 Å². The molecule has 8 nitrogen and oxygen atoms in total. The van der Waals surface area contributed by atoms with Gasteiger partial charge in [-0.05, 0) is 67.7 Å². The van der Waals surface area contributed by atoms with E-state index in [0.717, 1.165) is 0 Å². The molecule has 0 heterocycles. The highest BCUT2D eigenvalue weighted by Gasteiger charge is 2.24. The van der Waals surface area contributed by atoms with Crippen LogP contribution in [0.3, 0.4) is 0 Å². The Labute approximate surface area is 178 Å². The maximum Gasteiger partial charge on any atom is 0.328 e. The summed E-state index contributed by atoms with van der Waals surface area (Å²) in [7, 11) is 0. The third kappa shape index (κ3) is 6.59. The third-order valence-corrected chi connectivity index (χ3v) is 4.17. The lowest BCUT2D eigenvalue weighted by Crippen LogP contribution is -2.47. The number of amides is 1. The molecule has 0 fully saturated rings. The van der Waals surface area contributed by atoms with Crippen molar-refractivity contribution in [3.8, 4) is 5.75 Å². The molecule has 1 amide bonds. The van der Waals surface area contributed by atoms with Gasteiger partial charge in [0.1, 0.15) is 5.75 Å². The third-order valence-electron chi connectivity index (χ3n) is 4.08. The van der Waals surface area contributed by atoms with Crippen LogP contribution in [0.15, 0.2) is 53.5 Å². The van der Waals surface area contributed by atoms with Gasteiger partial charge in [0.15, 0.2) is 11.8 Å². The van der Waals surface area contributed by atoms with Crippen molar-refractivity contribution in [3.05, 3.63) is 59.7 Å². The number of nitrogens with zero attached hydrogens (tertiary/aromatic N) is 1. The molecule has 2 atom stereocenters. The van der Waals surface area contributed by atoms with Crippen molar-refractivity contribution in [3.63, 3.8) is 0 Å². The predicted octanol–water partition coefficient (Wildman–Crippen LogP) is 2.37. The highest BCUT2D eigenvalue weighted by molar-refractivity contribution is 7.78. The minimum absolute atomic E-state index is 0.00707. The number of carboxylic acid groups (broad SMARTS) is 1. The Bertz CT molecular complexity index is 950. The summed E-state index contributed by atoms with van der Waals surface area (Å²) < 4.78 is 5.45. The number of rotatable bonds is 10. The summed E-state index contributed by atoms with van der Waals surface area (Å²) in [5.74, 6) is -1.59. The van der Waals surface area contributed by atoms with Gasteiger partial charge < -0.3 is 20.3 Å². The molecule has 0 saturated heterocycles. The number of carbonyl (C=O) groups excluding carboxylic acids is 2. The molecule has 2 aromatic rings. The normalized spacial score (nSPS) is 12.2. The molecule has 0 aliphatic heterocycles. The second-order valence-electron chi connectivity index (χ2n) is 6.33. The van der Waals surface area contributed by atoms with Crippen molar-refractivity contribution in [2.45, 2.75) is 25.5 Å². The van der Waals surface area contributed by atoms with E-state index < -0.39 is 24.0 Å². The Morgan fingerprint density at radius 3 is 2.17 bits per heavy atom. The van der Waals surface area contributed by atoms with Crippen LogP contribution < -0.4 is 10.1 Å². The minimum Gasteiger partial charge on any atom is -0.493 e. The summed E-state index contributed by atoms with van der Waals surface area (Å²) in [5.41, 5.74) is 1.57. The average molecular weight is 428 g/mol. The van der Waals surface area contributed by atoms with E-state index in [-0.39, 0.29) is 18.8 Å². The molecule has 2 aromatic carbocycles. The standard InChI is InChI=1S/C21H20N2O6S/c1-13(24)19(21(27)28)23-18(25)10-11-29-17-8-4-15(5-9-17)20(26)14-2-6-16(7-3-14)22-12-30/h2-9,13,19,24H,10-11H2,1H3,(H,23,25)(H,27,28). The van der Waals surface area contributed by atoms with Crippen LogP contribution >= 0.6 is 12.2 Å². The molecule has 9 heteroatoms. The largest absolute Gasteiger partial charge is 0.493 e. The van der Waals surface area contributed by atoms with Crippen LogP contribution in [-0.2, 0) is 9.59 Å². The number of aliphatic hydroxyl groups excluding tert-OH is 1. The lowest BCUT2D eigenvalue weighted by molar-refractivity contribution is -0.144. The van der Waals surface area contributed by atoms with Crippen LogP contribution in [-0.4, -0.2) is 51.8 Å². The number of aliphatic hydroxyl groups is 1. The van der Waals surface area contributed by atoms with Crippen LogP contribution in [0.5, 0.6) is 5.75 Å². The molecule has 2 unspecified atom stereocenters. The fraction of sp³-hybridized carbons (Fsp3) is 0.238. The molecular formula is C21H20N2O6S. The van der Waals surface area contributed by atoms with Crippen LogP contribution in [0.25, 0.3) is 0 Å².